The topological polar surface area (TPSA) is 24.9 Å². The Balaban J connectivity index is 2.97. The number of nitrogens with one attached hydrogen (secondary N) is 1. The largest absolute Gasteiger partial charge is 0.417 e. The third-order valence-electron chi connectivity index (χ3n) is 2.36. The molecule has 0 aliphatic rings. The van der Waals surface area contributed by atoms with Gasteiger partial charge in [0.15, 0.2) is 0 Å². The maximum absolute atomic E-state index is 12.4. The minimum Gasteiger partial charge on any atom is -0.306 e. The van der Waals surface area contributed by atoms with Gasteiger partial charge in [-0.3, -0.25) is 4.98 Å². The summed E-state index contributed by atoms with van der Waals surface area (Å²) >= 11 is 0. The van der Waals surface area contributed by atoms with Crippen molar-refractivity contribution in [1.82, 2.24) is 10.3 Å². The minimum atomic E-state index is -4.34. The second-order valence-electron chi connectivity index (χ2n) is 4.25. The highest BCUT2D eigenvalue weighted by molar-refractivity contribution is 5.22. The van der Waals surface area contributed by atoms with Crippen molar-refractivity contribution in [2.24, 2.45) is 0 Å². The Morgan fingerprint density at radius 1 is 1.39 bits per heavy atom. The molecule has 2 nitrogen and oxygen atoms in total. The molecule has 0 radical (unpaired) electrons. The van der Waals surface area contributed by atoms with Crippen LogP contribution in [0.1, 0.15) is 38.1 Å². The summed E-state index contributed by atoms with van der Waals surface area (Å²) in [6, 6.07) is 2.32. The van der Waals surface area contributed by atoms with Gasteiger partial charge in [0.25, 0.3) is 0 Å². The Hall–Kier alpha value is -1.36. The van der Waals surface area contributed by atoms with Crippen LogP contribution in [-0.2, 0) is 6.18 Å². The molecular weight excluding hydrogens is 241 g/mol. The highest BCUT2D eigenvalue weighted by Crippen LogP contribution is 2.29. The molecule has 0 saturated carbocycles. The fourth-order valence-corrected chi connectivity index (χ4v) is 1.56. The summed E-state index contributed by atoms with van der Waals surface area (Å²) in [6.45, 7) is 6.54. The van der Waals surface area contributed by atoms with Gasteiger partial charge in [0.2, 0.25) is 0 Å². The number of aromatic nitrogens is 1. The van der Waals surface area contributed by atoms with Gasteiger partial charge in [-0.1, -0.05) is 18.6 Å². The first kappa shape index (κ1) is 14.7. The summed E-state index contributed by atoms with van der Waals surface area (Å²) in [5.74, 6) is 0. The summed E-state index contributed by atoms with van der Waals surface area (Å²) in [7, 11) is 0. The van der Waals surface area contributed by atoms with Crippen molar-refractivity contribution in [3.8, 4) is 0 Å². The van der Waals surface area contributed by atoms with E-state index < -0.39 is 11.7 Å². The molecule has 1 unspecified atom stereocenters. The zero-order valence-electron chi connectivity index (χ0n) is 10.7. The van der Waals surface area contributed by atoms with E-state index in [0.29, 0.717) is 5.69 Å². The molecule has 0 aromatic carbocycles. The van der Waals surface area contributed by atoms with E-state index in [1.165, 1.54) is 6.07 Å². The number of likely N-dealkylation sites (N-methyl/N-ethyl adjacent to an activating group) is 1. The van der Waals surface area contributed by atoms with Gasteiger partial charge in [0.1, 0.15) is 0 Å². The first-order chi connectivity index (χ1) is 8.34. The van der Waals surface area contributed by atoms with Crippen LogP contribution in [0.3, 0.4) is 0 Å². The predicted octanol–water partition coefficient (Wildman–Crippen LogP) is 3.72. The van der Waals surface area contributed by atoms with Crippen LogP contribution in [0.15, 0.2) is 30.0 Å². The normalized spacial score (nSPS) is 13.2. The van der Waals surface area contributed by atoms with E-state index in [1.807, 2.05) is 26.8 Å². The van der Waals surface area contributed by atoms with Crippen LogP contribution in [0.25, 0.3) is 0 Å². The third-order valence-corrected chi connectivity index (χ3v) is 2.36. The molecule has 1 aromatic heterocycles. The van der Waals surface area contributed by atoms with Crippen molar-refractivity contribution >= 4 is 0 Å². The number of alkyl halides is 3. The van der Waals surface area contributed by atoms with Gasteiger partial charge < -0.3 is 5.32 Å². The van der Waals surface area contributed by atoms with Crippen molar-refractivity contribution in [2.75, 3.05) is 6.54 Å². The Morgan fingerprint density at radius 3 is 2.44 bits per heavy atom. The quantitative estimate of drug-likeness (QED) is 0.833. The average molecular weight is 258 g/mol. The fourth-order valence-electron chi connectivity index (χ4n) is 1.56. The van der Waals surface area contributed by atoms with Crippen LogP contribution < -0.4 is 5.32 Å². The van der Waals surface area contributed by atoms with Crippen LogP contribution in [0, 0.1) is 0 Å². The van der Waals surface area contributed by atoms with Crippen molar-refractivity contribution in [3.05, 3.63) is 41.2 Å². The van der Waals surface area contributed by atoms with E-state index in [4.69, 9.17) is 0 Å². The number of rotatable bonds is 4. The molecule has 1 atom stereocenters. The van der Waals surface area contributed by atoms with Crippen LogP contribution >= 0.6 is 0 Å². The van der Waals surface area contributed by atoms with Crippen LogP contribution in [0.2, 0.25) is 0 Å². The third kappa shape index (κ3) is 4.14. The molecule has 0 amide bonds. The molecule has 1 heterocycles. The molecule has 0 bridgehead atoms. The van der Waals surface area contributed by atoms with Crippen LogP contribution in [0.4, 0.5) is 13.2 Å². The lowest BCUT2D eigenvalue weighted by molar-refractivity contribution is -0.137. The molecule has 1 aromatic rings. The molecule has 5 heteroatoms. The number of pyridine rings is 1. The second-order valence-corrected chi connectivity index (χ2v) is 4.25. The minimum absolute atomic E-state index is 0.151. The highest BCUT2D eigenvalue weighted by atomic mass is 19.4. The molecule has 1 rings (SSSR count). The standard InChI is InChI=1S/C13H17F3N2/c1-4-17-12(7-9(2)3)11-6-5-10(8-18-11)13(14,15)16/h5-8,12,17H,4H2,1-3H3. The van der Waals surface area contributed by atoms with Gasteiger partial charge in [-0.25, -0.2) is 0 Å². The first-order valence-electron chi connectivity index (χ1n) is 5.76. The van der Waals surface area contributed by atoms with Crippen molar-refractivity contribution in [3.63, 3.8) is 0 Å². The van der Waals surface area contributed by atoms with Gasteiger partial charge in [-0.05, 0) is 32.5 Å². The molecule has 0 saturated heterocycles. The van der Waals surface area contributed by atoms with Gasteiger partial charge in [0, 0.05) is 6.20 Å². The van der Waals surface area contributed by atoms with Crippen LogP contribution in [0.5, 0.6) is 0 Å². The zero-order chi connectivity index (χ0) is 13.8. The monoisotopic (exact) mass is 258 g/mol. The SMILES string of the molecule is CCNC(C=C(C)C)c1ccc(C(F)(F)F)cn1. The smallest absolute Gasteiger partial charge is 0.306 e. The van der Waals surface area contributed by atoms with E-state index in [2.05, 4.69) is 10.3 Å². The number of hydrogen-bond acceptors (Lipinski definition) is 2. The molecular formula is C13H17F3N2. The fraction of sp³-hybridized carbons (Fsp3) is 0.462. The number of nitrogens with zero attached hydrogens (tertiary/aromatic N) is 1. The Morgan fingerprint density at radius 2 is 2.06 bits per heavy atom. The molecule has 100 valence electrons. The summed E-state index contributed by atoms with van der Waals surface area (Å²) in [4.78, 5) is 3.89. The number of allylic oxidation sites excluding steroid dienone is 1. The first-order valence-corrected chi connectivity index (χ1v) is 5.76. The lowest BCUT2D eigenvalue weighted by atomic mass is 10.1. The Bertz CT molecular complexity index is 403. The number of halogens is 3. The van der Waals surface area contributed by atoms with Crippen molar-refractivity contribution in [2.45, 2.75) is 33.0 Å². The maximum atomic E-state index is 12.4. The summed E-state index contributed by atoms with van der Waals surface area (Å²) in [5.41, 5.74) is 0.951. The summed E-state index contributed by atoms with van der Waals surface area (Å²) in [5, 5.41) is 3.17. The van der Waals surface area contributed by atoms with Crippen molar-refractivity contribution < 1.29 is 13.2 Å². The Kier molecular flexibility index (Phi) is 4.90. The Labute approximate surface area is 105 Å². The van der Waals surface area contributed by atoms with E-state index in [-0.39, 0.29) is 6.04 Å². The molecule has 0 spiro atoms. The zero-order valence-corrected chi connectivity index (χ0v) is 10.7. The van der Waals surface area contributed by atoms with E-state index >= 15 is 0 Å². The van der Waals surface area contributed by atoms with Gasteiger partial charge in [-0.2, -0.15) is 13.2 Å². The molecule has 0 aliphatic heterocycles. The van der Waals surface area contributed by atoms with Gasteiger partial charge in [0.05, 0.1) is 17.3 Å². The molecule has 18 heavy (non-hydrogen) atoms. The van der Waals surface area contributed by atoms with E-state index in [0.717, 1.165) is 24.4 Å². The maximum Gasteiger partial charge on any atom is 0.417 e. The molecule has 0 aliphatic carbocycles. The summed E-state index contributed by atoms with van der Waals surface area (Å²) < 4.78 is 37.2. The lowest BCUT2D eigenvalue weighted by Gasteiger charge is -2.15. The molecule has 1 N–H and O–H groups in total. The van der Waals surface area contributed by atoms with Gasteiger partial charge >= 0.3 is 6.18 Å². The summed E-state index contributed by atoms with van der Waals surface area (Å²) in [6.07, 6.45) is -1.52. The van der Waals surface area contributed by atoms with Crippen molar-refractivity contribution in [1.29, 1.82) is 0 Å². The van der Waals surface area contributed by atoms with E-state index in [1.54, 1.807) is 0 Å². The predicted molar refractivity (Wildman–Crippen MR) is 65.1 cm³/mol. The van der Waals surface area contributed by atoms with Crippen LogP contribution in [-0.4, -0.2) is 11.5 Å². The number of hydrogen-bond donors (Lipinski definition) is 1. The highest BCUT2D eigenvalue weighted by Gasteiger charge is 2.30. The average Bonchev–Trinajstić information content (AvgIpc) is 2.27. The molecule has 0 fully saturated rings. The van der Waals surface area contributed by atoms with Gasteiger partial charge in [-0.15, -0.1) is 0 Å². The second kappa shape index (κ2) is 6.00. The lowest BCUT2D eigenvalue weighted by Crippen LogP contribution is -2.20. The van der Waals surface area contributed by atoms with E-state index in [9.17, 15) is 13.2 Å².